The van der Waals surface area contributed by atoms with Gasteiger partial charge in [-0.2, -0.15) is 0 Å². The van der Waals surface area contributed by atoms with Gasteiger partial charge in [0.2, 0.25) is 0 Å². The molecule has 0 saturated heterocycles. The van der Waals surface area contributed by atoms with Crippen LogP contribution in [-0.4, -0.2) is 28.2 Å². The number of ether oxygens (including phenoxy) is 1. The summed E-state index contributed by atoms with van der Waals surface area (Å²) in [4.78, 5) is 14.0. The van der Waals surface area contributed by atoms with Crippen molar-refractivity contribution in [1.82, 2.24) is 4.90 Å². The Hall–Kier alpha value is -1.71. The smallest absolute Gasteiger partial charge is 0.410 e. The van der Waals surface area contributed by atoms with Crippen molar-refractivity contribution in [3.05, 3.63) is 29.8 Å². The summed E-state index contributed by atoms with van der Waals surface area (Å²) in [6.07, 6.45) is 2.11. The van der Waals surface area contributed by atoms with Crippen molar-refractivity contribution >= 4 is 6.09 Å². The van der Waals surface area contributed by atoms with Crippen molar-refractivity contribution < 1.29 is 14.6 Å². The second-order valence-corrected chi connectivity index (χ2v) is 6.47. The van der Waals surface area contributed by atoms with Gasteiger partial charge >= 0.3 is 6.09 Å². The lowest BCUT2D eigenvalue weighted by Crippen LogP contribution is -2.37. The Morgan fingerprint density at radius 3 is 2.40 bits per heavy atom. The van der Waals surface area contributed by atoms with Crippen LogP contribution in [0.2, 0.25) is 0 Å². The summed E-state index contributed by atoms with van der Waals surface area (Å²) in [5.74, 6) is 0.847. The van der Waals surface area contributed by atoms with Crippen molar-refractivity contribution in [2.45, 2.75) is 45.8 Å². The second kappa shape index (κ2) is 5.73. The third kappa shape index (κ3) is 4.76. The molecule has 1 N–H and O–H groups in total. The lowest BCUT2D eigenvalue weighted by molar-refractivity contribution is 0.0224. The Morgan fingerprint density at radius 2 is 1.90 bits per heavy atom. The van der Waals surface area contributed by atoms with E-state index in [0.717, 1.165) is 12.1 Å². The van der Waals surface area contributed by atoms with Gasteiger partial charge in [0.15, 0.2) is 0 Å². The molecule has 0 atom stereocenters. The fourth-order valence-corrected chi connectivity index (χ4v) is 1.96. The number of amides is 1. The lowest BCUT2D eigenvalue weighted by Gasteiger charge is -2.27. The van der Waals surface area contributed by atoms with E-state index in [-0.39, 0.29) is 11.8 Å². The summed E-state index contributed by atoms with van der Waals surface area (Å²) >= 11 is 0. The van der Waals surface area contributed by atoms with E-state index in [0.29, 0.717) is 12.5 Å². The molecule has 20 heavy (non-hydrogen) atoms. The van der Waals surface area contributed by atoms with Crippen LogP contribution in [0.1, 0.15) is 39.2 Å². The number of hydrogen-bond donors (Lipinski definition) is 1. The molecule has 1 aromatic carbocycles. The average Bonchev–Trinajstić information content (AvgIpc) is 3.13. The third-order valence-electron chi connectivity index (χ3n) is 3.14. The number of rotatable bonds is 4. The fraction of sp³-hybridized carbons (Fsp3) is 0.562. The number of nitrogens with zero attached hydrogens (tertiary/aromatic N) is 1. The summed E-state index contributed by atoms with van der Waals surface area (Å²) in [5.41, 5.74) is 0.516. The molecule has 4 heteroatoms. The van der Waals surface area contributed by atoms with E-state index >= 15 is 0 Å². The van der Waals surface area contributed by atoms with Crippen LogP contribution >= 0.6 is 0 Å². The molecule has 2 rings (SSSR count). The van der Waals surface area contributed by atoms with E-state index in [1.54, 1.807) is 17.0 Å². The van der Waals surface area contributed by atoms with Crippen molar-refractivity contribution in [2.75, 3.05) is 6.54 Å². The molecule has 0 radical (unpaired) electrons. The summed E-state index contributed by atoms with van der Waals surface area (Å²) in [6, 6.07) is 6.94. The van der Waals surface area contributed by atoms with Crippen LogP contribution in [0, 0.1) is 5.92 Å². The van der Waals surface area contributed by atoms with Gasteiger partial charge in [0.05, 0.1) is 0 Å². The molecule has 110 valence electrons. The van der Waals surface area contributed by atoms with Gasteiger partial charge in [-0.05, 0) is 57.2 Å². The molecule has 1 aliphatic rings. The van der Waals surface area contributed by atoms with E-state index in [1.807, 2.05) is 32.9 Å². The molecule has 4 nitrogen and oxygen atoms in total. The lowest BCUT2D eigenvalue weighted by atomic mass is 10.2. The molecule has 0 spiro atoms. The topological polar surface area (TPSA) is 49.8 Å². The molecule has 1 aliphatic carbocycles. The molecule has 0 heterocycles. The van der Waals surface area contributed by atoms with E-state index in [4.69, 9.17) is 4.74 Å². The normalized spacial score (nSPS) is 14.9. The summed E-state index contributed by atoms with van der Waals surface area (Å²) in [7, 11) is 0. The Morgan fingerprint density at radius 1 is 1.30 bits per heavy atom. The predicted octanol–water partition coefficient (Wildman–Crippen LogP) is 3.54. The van der Waals surface area contributed by atoms with E-state index in [9.17, 15) is 9.90 Å². The number of hydrogen-bond acceptors (Lipinski definition) is 3. The van der Waals surface area contributed by atoms with Gasteiger partial charge in [-0.25, -0.2) is 4.79 Å². The quantitative estimate of drug-likeness (QED) is 0.915. The minimum atomic E-state index is -0.478. The molecule has 1 fully saturated rings. The van der Waals surface area contributed by atoms with Crippen LogP contribution < -0.4 is 0 Å². The third-order valence-corrected chi connectivity index (χ3v) is 3.14. The molecule has 0 unspecified atom stereocenters. The predicted molar refractivity (Wildman–Crippen MR) is 77.5 cm³/mol. The molecule has 1 amide bonds. The highest BCUT2D eigenvalue weighted by Gasteiger charge is 2.29. The molecule has 0 aromatic heterocycles. The molecule has 1 aromatic rings. The molecule has 0 aliphatic heterocycles. The van der Waals surface area contributed by atoms with Gasteiger partial charge in [0.25, 0.3) is 0 Å². The molecular weight excluding hydrogens is 254 g/mol. The molecular formula is C16H23NO3. The van der Waals surface area contributed by atoms with Crippen LogP contribution in [0.15, 0.2) is 24.3 Å². The Kier molecular flexibility index (Phi) is 4.21. The second-order valence-electron chi connectivity index (χ2n) is 6.47. The number of phenolic OH excluding ortho intramolecular Hbond substituents is 1. The Balaban J connectivity index is 2.02. The largest absolute Gasteiger partial charge is 0.508 e. The van der Waals surface area contributed by atoms with Gasteiger partial charge in [-0.1, -0.05) is 12.1 Å². The molecule has 1 saturated carbocycles. The van der Waals surface area contributed by atoms with E-state index in [1.165, 1.54) is 12.8 Å². The zero-order chi connectivity index (χ0) is 14.8. The van der Waals surface area contributed by atoms with Gasteiger partial charge in [-0.3, -0.25) is 0 Å². The summed E-state index contributed by atoms with van der Waals surface area (Å²) in [6.45, 7) is 6.89. The summed E-state index contributed by atoms with van der Waals surface area (Å²) in [5, 5.41) is 9.30. The maximum Gasteiger partial charge on any atom is 0.410 e. The first-order chi connectivity index (χ1) is 9.33. The highest BCUT2D eigenvalue weighted by molar-refractivity contribution is 5.68. The first-order valence-electron chi connectivity index (χ1n) is 7.09. The number of carbonyl (C=O) groups is 1. The van der Waals surface area contributed by atoms with Crippen LogP contribution in [0.25, 0.3) is 0 Å². The van der Waals surface area contributed by atoms with E-state index in [2.05, 4.69) is 0 Å². The van der Waals surface area contributed by atoms with Gasteiger partial charge in [0, 0.05) is 13.1 Å². The van der Waals surface area contributed by atoms with Crippen LogP contribution in [0.4, 0.5) is 4.79 Å². The highest BCUT2D eigenvalue weighted by atomic mass is 16.6. The van der Waals surface area contributed by atoms with Crippen molar-refractivity contribution in [1.29, 1.82) is 0 Å². The highest BCUT2D eigenvalue weighted by Crippen LogP contribution is 2.30. The SMILES string of the molecule is CC(C)(C)OC(=O)N(Cc1ccc(O)cc1)CC1CC1. The number of carbonyl (C=O) groups excluding carboxylic acids is 1. The van der Waals surface area contributed by atoms with Crippen LogP contribution in [-0.2, 0) is 11.3 Å². The van der Waals surface area contributed by atoms with Gasteiger partial charge in [-0.15, -0.1) is 0 Å². The van der Waals surface area contributed by atoms with Crippen molar-refractivity contribution in [3.63, 3.8) is 0 Å². The monoisotopic (exact) mass is 277 g/mol. The van der Waals surface area contributed by atoms with Crippen LogP contribution in [0.5, 0.6) is 5.75 Å². The zero-order valence-electron chi connectivity index (χ0n) is 12.4. The minimum Gasteiger partial charge on any atom is -0.508 e. The summed E-state index contributed by atoms with van der Waals surface area (Å²) < 4.78 is 5.46. The number of phenols is 1. The zero-order valence-corrected chi connectivity index (χ0v) is 12.4. The maximum atomic E-state index is 12.2. The van der Waals surface area contributed by atoms with Crippen molar-refractivity contribution in [2.24, 2.45) is 5.92 Å². The number of aromatic hydroxyl groups is 1. The van der Waals surface area contributed by atoms with Gasteiger partial charge in [0.1, 0.15) is 11.4 Å². The average molecular weight is 277 g/mol. The number of benzene rings is 1. The standard InChI is InChI=1S/C16H23NO3/c1-16(2,3)20-15(19)17(10-12-4-5-12)11-13-6-8-14(18)9-7-13/h6-9,12,18H,4-5,10-11H2,1-3H3. The Labute approximate surface area is 120 Å². The van der Waals surface area contributed by atoms with E-state index < -0.39 is 5.60 Å². The Bertz CT molecular complexity index is 458. The van der Waals surface area contributed by atoms with Crippen molar-refractivity contribution in [3.8, 4) is 5.75 Å². The van der Waals surface area contributed by atoms with Gasteiger partial charge < -0.3 is 14.7 Å². The fourth-order valence-electron chi connectivity index (χ4n) is 1.96. The first kappa shape index (κ1) is 14.7. The maximum absolute atomic E-state index is 12.2. The van der Waals surface area contributed by atoms with Crippen LogP contribution in [0.3, 0.4) is 0 Å². The molecule has 0 bridgehead atoms. The minimum absolute atomic E-state index is 0.236. The first-order valence-corrected chi connectivity index (χ1v) is 7.09.